The molecular weight excluding hydrogens is 180 g/mol. The molecule has 0 heterocycles. The molecule has 0 saturated carbocycles. The Hall–Kier alpha value is 2.03. The third-order valence-electron chi connectivity index (χ3n) is 0. The van der Waals surface area contributed by atoms with Gasteiger partial charge in [-0.25, -0.2) is 0 Å². The second-order valence-corrected chi connectivity index (χ2v) is 1.50. The maximum atomic E-state index is 8.58. The zero-order valence-electron chi connectivity index (χ0n) is 3.34. The van der Waals surface area contributed by atoms with Crippen LogP contribution in [0.3, 0.4) is 0 Å². The zero-order valence-corrected chi connectivity index (χ0v) is 8.11. The first-order chi connectivity index (χ1) is 2.00. The normalized spacial score (nSPS) is 8.57. The molecule has 0 unspecified atom stereocenters. The van der Waals surface area contributed by atoms with Crippen LogP contribution in [0.1, 0.15) is 0 Å². The maximum absolute atomic E-state index is 8.58. The summed E-state index contributed by atoms with van der Waals surface area (Å²) in [5.41, 5.74) is 0. The Morgan fingerprint density at radius 1 is 0.857 bits per heavy atom. The molecule has 4 nitrogen and oxygen atoms in total. The van der Waals surface area contributed by atoms with Gasteiger partial charge in [0.25, 0.3) is 0 Å². The van der Waals surface area contributed by atoms with E-state index < -0.39 is 9.05 Å². The molecule has 0 aromatic rings. The minimum absolute atomic E-state index is 0. The van der Waals surface area contributed by atoms with E-state index in [4.69, 9.17) is 19.2 Å². The van der Waals surface area contributed by atoms with E-state index in [1.54, 1.807) is 0 Å². The minimum atomic E-state index is -5.61. The fourth-order valence-electron chi connectivity index (χ4n) is 0. The fourth-order valence-corrected chi connectivity index (χ4v) is 0. The smallest absolute Gasteiger partial charge is 0.894 e. The van der Waals surface area contributed by atoms with Crippen molar-refractivity contribution in [3.63, 3.8) is 0 Å². The molecule has 0 fully saturated rings. The van der Waals surface area contributed by atoms with E-state index >= 15 is 0 Å². The molecule has 0 rings (SSSR count). The van der Waals surface area contributed by atoms with E-state index in [1.165, 1.54) is 0 Å². The Kier molecular flexibility index (Phi) is 14.1. The molecule has 0 spiro atoms. The van der Waals surface area contributed by atoms with Gasteiger partial charge < -0.3 is 28.2 Å². The van der Waals surface area contributed by atoms with Gasteiger partial charge in [0, 0.05) is 0 Å². The summed E-state index contributed by atoms with van der Waals surface area (Å²) in [6.45, 7) is 0. The Balaban J connectivity index is -0.0000000800. The van der Waals surface area contributed by atoms with Crippen molar-refractivity contribution in [3.05, 3.63) is 0 Å². The molecular formula is CaO4SiTi+2. The third-order valence-corrected chi connectivity index (χ3v) is 0. The molecule has 0 N–H and O–H groups in total. The van der Waals surface area contributed by atoms with Crippen LogP contribution in [0.25, 0.3) is 0 Å². The predicted molar refractivity (Wildman–Crippen MR) is 11.5 cm³/mol. The second-order valence-electron chi connectivity index (χ2n) is 0.500. The van der Waals surface area contributed by atoms with Gasteiger partial charge in [0.05, 0.1) is 0 Å². The summed E-state index contributed by atoms with van der Waals surface area (Å²) < 4.78 is 0. The van der Waals surface area contributed by atoms with Gasteiger partial charge in [-0.2, -0.15) is 0 Å². The molecule has 0 aromatic heterocycles. The van der Waals surface area contributed by atoms with E-state index in [1.807, 2.05) is 0 Å². The van der Waals surface area contributed by atoms with Crippen molar-refractivity contribution in [3.8, 4) is 0 Å². The van der Waals surface area contributed by atoms with Crippen LogP contribution in [0, 0.1) is 0 Å². The summed E-state index contributed by atoms with van der Waals surface area (Å²) in [6, 6.07) is 0. The Morgan fingerprint density at radius 2 is 0.857 bits per heavy atom. The van der Waals surface area contributed by atoms with Crippen molar-refractivity contribution in [1.82, 2.24) is 0 Å². The van der Waals surface area contributed by atoms with Gasteiger partial charge >= 0.3 is 59.5 Å². The van der Waals surface area contributed by atoms with Gasteiger partial charge in [-0.1, -0.05) is 0 Å². The van der Waals surface area contributed by atoms with Gasteiger partial charge in [0.2, 0.25) is 0 Å². The van der Waals surface area contributed by atoms with Crippen molar-refractivity contribution in [2.24, 2.45) is 0 Å². The van der Waals surface area contributed by atoms with Crippen molar-refractivity contribution in [2.75, 3.05) is 0 Å². The van der Waals surface area contributed by atoms with Crippen LogP contribution in [-0.2, 0) is 21.7 Å². The van der Waals surface area contributed by atoms with E-state index in [-0.39, 0.29) is 59.5 Å². The van der Waals surface area contributed by atoms with Crippen LogP contribution < -0.4 is 19.2 Å². The predicted octanol–water partition coefficient (Wildman–Crippen LogP) is -5.52. The molecule has 7 heteroatoms. The first-order valence-electron chi connectivity index (χ1n) is 0.816. The van der Waals surface area contributed by atoms with Gasteiger partial charge in [-0.3, -0.25) is 0 Å². The summed E-state index contributed by atoms with van der Waals surface area (Å²) >= 11 is 0. The van der Waals surface area contributed by atoms with Crippen LogP contribution >= 0.6 is 0 Å². The minimum Gasteiger partial charge on any atom is -0.894 e. The van der Waals surface area contributed by atoms with Gasteiger partial charge in [-0.05, 0) is 0 Å². The molecule has 0 aliphatic carbocycles. The van der Waals surface area contributed by atoms with Crippen LogP contribution in [0.15, 0.2) is 0 Å². The Bertz CT molecular complexity index is 27.2. The molecule has 0 aromatic carbocycles. The molecule has 0 bridgehead atoms. The fraction of sp³-hybridized carbons (Fsp3) is 0. The molecule has 0 saturated heterocycles. The third kappa shape index (κ3) is 70.8. The van der Waals surface area contributed by atoms with Gasteiger partial charge in [0.1, 0.15) is 0 Å². The summed E-state index contributed by atoms with van der Waals surface area (Å²) in [7, 11) is -5.61. The molecule has 0 atom stereocenters. The van der Waals surface area contributed by atoms with E-state index in [2.05, 4.69) is 0 Å². The van der Waals surface area contributed by atoms with Crippen molar-refractivity contribution < 1.29 is 40.9 Å². The zero-order chi connectivity index (χ0) is 4.50. The summed E-state index contributed by atoms with van der Waals surface area (Å²) in [5.74, 6) is 0. The molecule has 32 valence electrons. The average molecular weight is 180 g/mol. The van der Waals surface area contributed by atoms with Crippen molar-refractivity contribution in [1.29, 1.82) is 0 Å². The van der Waals surface area contributed by atoms with Crippen LogP contribution in [0.4, 0.5) is 0 Å². The Morgan fingerprint density at radius 3 is 0.857 bits per heavy atom. The quantitative estimate of drug-likeness (QED) is 0.347. The van der Waals surface area contributed by atoms with E-state index in [0.29, 0.717) is 0 Å². The summed E-state index contributed by atoms with van der Waals surface area (Å²) in [5, 5.41) is 0. The first kappa shape index (κ1) is 16.0. The maximum Gasteiger partial charge on any atom is 4.00 e. The van der Waals surface area contributed by atoms with Gasteiger partial charge in [-0.15, -0.1) is 0 Å². The van der Waals surface area contributed by atoms with E-state index in [9.17, 15) is 0 Å². The van der Waals surface area contributed by atoms with E-state index in [0.717, 1.165) is 0 Å². The average Bonchev–Trinajstić information content (AvgIpc) is 0.722. The SMILES string of the molecule is [Ca+2].[O-][Si]([O-])([O-])[O-].[Ti+4]. The molecule has 0 amide bonds. The molecule has 0 radical (unpaired) electrons. The van der Waals surface area contributed by atoms with Crippen molar-refractivity contribution in [2.45, 2.75) is 0 Å². The Labute approximate surface area is 86.5 Å². The topological polar surface area (TPSA) is 92.2 Å². The summed E-state index contributed by atoms with van der Waals surface area (Å²) in [4.78, 5) is 34.3. The van der Waals surface area contributed by atoms with Crippen LogP contribution in [0.2, 0.25) is 0 Å². The van der Waals surface area contributed by atoms with Crippen molar-refractivity contribution >= 4 is 46.8 Å². The number of hydrogen-bond donors (Lipinski definition) is 0. The number of hydrogen-bond acceptors (Lipinski definition) is 4. The number of rotatable bonds is 0. The molecule has 0 aliphatic heterocycles. The monoisotopic (exact) mass is 180 g/mol. The summed E-state index contributed by atoms with van der Waals surface area (Å²) in [6.07, 6.45) is 0. The van der Waals surface area contributed by atoms with Crippen LogP contribution in [0.5, 0.6) is 0 Å². The largest absolute Gasteiger partial charge is 4.00 e. The van der Waals surface area contributed by atoms with Crippen LogP contribution in [-0.4, -0.2) is 46.8 Å². The van der Waals surface area contributed by atoms with Gasteiger partial charge in [0.15, 0.2) is 0 Å². The molecule has 0 aliphatic rings. The standard InChI is InChI=1S/Ca.O4Si.Ti/c;1-5(2,3)4;/q+2;-4;+4. The molecule has 7 heavy (non-hydrogen) atoms. The second kappa shape index (κ2) is 6.16. The first-order valence-corrected chi connectivity index (χ1v) is 2.45.